The van der Waals surface area contributed by atoms with Crippen LogP contribution in [0.15, 0.2) is 24.3 Å². The topological polar surface area (TPSA) is 72.6 Å². The number of carbonyl (C=O) groups is 1. The zero-order valence-corrected chi connectivity index (χ0v) is 10.3. The highest BCUT2D eigenvalue weighted by Gasteiger charge is 2.21. The van der Waals surface area contributed by atoms with Crippen LogP contribution in [0.4, 0.5) is 0 Å². The lowest BCUT2D eigenvalue weighted by atomic mass is 10.0. The Labute approximate surface area is 107 Å². The van der Waals surface area contributed by atoms with Crippen molar-refractivity contribution in [3.8, 4) is 5.75 Å². The Morgan fingerprint density at radius 3 is 2.61 bits per heavy atom. The third-order valence-corrected chi connectivity index (χ3v) is 3.16. The van der Waals surface area contributed by atoms with E-state index in [1.807, 2.05) is 24.3 Å². The number of carboxylic acid groups (broad SMARTS) is 1. The van der Waals surface area contributed by atoms with Crippen LogP contribution in [0.2, 0.25) is 0 Å². The standard InChI is InChI=1S/C14H19NO3/c15-13(7-8-14(16)17)11-3-5-12(6-4-11)18-9-10-1-2-10/h3-6,10,13H,1-2,7-9,15H2,(H,16,17). The van der Waals surface area contributed by atoms with Crippen LogP contribution in [0.5, 0.6) is 5.75 Å². The molecule has 3 N–H and O–H groups in total. The fraction of sp³-hybridized carbons (Fsp3) is 0.500. The lowest BCUT2D eigenvalue weighted by Crippen LogP contribution is -2.12. The van der Waals surface area contributed by atoms with Crippen LogP contribution in [-0.4, -0.2) is 17.7 Å². The second-order valence-electron chi connectivity index (χ2n) is 4.86. The molecule has 0 radical (unpaired) electrons. The van der Waals surface area contributed by atoms with Gasteiger partial charge in [0.2, 0.25) is 0 Å². The first-order valence-corrected chi connectivity index (χ1v) is 6.35. The lowest BCUT2D eigenvalue weighted by molar-refractivity contribution is -0.137. The van der Waals surface area contributed by atoms with Gasteiger partial charge in [0.1, 0.15) is 5.75 Å². The van der Waals surface area contributed by atoms with Crippen LogP contribution in [0.1, 0.15) is 37.3 Å². The third-order valence-electron chi connectivity index (χ3n) is 3.16. The fourth-order valence-corrected chi connectivity index (χ4v) is 1.76. The average Bonchev–Trinajstić information content (AvgIpc) is 3.18. The van der Waals surface area contributed by atoms with Gasteiger partial charge in [0.15, 0.2) is 0 Å². The van der Waals surface area contributed by atoms with Crippen molar-refractivity contribution >= 4 is 5.97 Å². The second kappa shape index (κ2) is 5.87. The Morgan fingerprint density at radius 2 is 2.06 bits per heavy atom. The summed E-state index contributed by atoms with van der Waals surface area (Å²) in [4.78, 5) is 10.5. The summed E-state index contributed by atoms with van der Waals surface area (Å²) in [5.74, 6) is 0.786. The lowest BCUT2D eigenvalue weighted by Gasteiger charge is -2.12. The maximum absolute atomic E-state index is 10.5. The predicted octanol–water partition coefficient (Wildman–Crippen LogP) is 2.34. The van der Waals surface area contributed by atoms with Gasteiger partial charge in [0, 0.05) is 12.5 Å². The van der Waals surface area contributed by atoms with Gasteiger partial charge in [-0.25, -0.2) is 0 Å². The van der Waals surface area contributed by atoms with E-state index in [4.69, 9.17) is 15.6 Å². The summed E-state index contributed by atoms with van der Waals surface area (Å²) in [6.45, 7) is 0.796. The van der Waals surface area contributed by atoms with Crippen molar-refractivity contribution in [2.75, 3.05) is 6.61 Å². The number of hydrogen-bond acceptors (Lipinski definition) is 3. The smallest absolute Gasteiger partial charge is 0.303 e. The van der Waals surface area contributed by atoms with Crippen LogP contribution < -0.4 is 10.5 Å². The van der Waals surface area contributed by atoms with E-state index in [1.165, 1.54) is 12.8 Å². The second-order valence-corrected chi connectivity index (χ2v) is 4.86. The van der Waals surface area contributed by atoms with Gasteiger partial charge in [-0.1, -0.05) is 12.1 Å². The largest absolute Gasteiger partial charge is 0.493 e. The van der Waals surface area contributed by atoms with E-state index >= 15 is 0 Å². The van der Waals surface area contributed by atoms with Gasteiger partial charge in [-0.05, 0) is 42.9 Å². The monoisotopic (exact) mass is 249 g/mol. The predicted molar refractivity (Wildman–Crippen MR) is 68.5 cm³/mol. The minimum atomic E-state index is -0.810. The van der Waals surface area contributed by atoms with Gasteiger partial charge in [-0.15, -0.1) is 0 Å². The zero-order valence-electron chi connectivity index (χ0n) is 10.3. The van der Waals surface area contributed by atoms with Crippen LogP contribution in [0.3, 0.4) is 0 Å². The van der Waals surface area contributed by atoms with Crippen LogP contribution >= 0.6 is 0 Å². The zero-order chi connectivity index (χ0) is 13.0. The maximum Gasteiger partial charge on any atom is 0.303 e. The Hall–Kier alpha value is -1.55. The Morgan fingerprint density at radius 1 is 1.39 bits per heavy atom. The highest BCUT2D eigenvalue weighted by Crippen LogP contribution is 2.29. The summed E-state index contributed by atoms with van der Waals surface area (Å²) >= 11 is 0. The van der Waals surface area contributed by atoms with E-state index in [9.17, 15) is 4.79 Å². The average molecular weight is 249 g/mol. The Kier molecular flexibility index (Phi) is 4.20. The molecule has 1 atom stereocenters. The molecule has 1 unspecified atom stereocenters. The van der Waals surface area contributed by atoms with Crippen LogP contribution in [0, 0.1) is 5.92 Å². The molecule has 1 saturated carbocycles. The molecule has 1 aromatic carbocycles. The van der Waals surface area contributed by atoms with Gasteiger partial charge in [-0.2, -0.15) is 0 Å². The fourth-order valence-electron chi connectivity index (χ4n) is 1.76. The minimum absolute atomic E-state index is 0.0983. The molecule has 1 aliphatic carbocycles. The van der Waals surface area contributed by atoms with Crippen molar-refractivity contribution < 1.29 is 14.6 Å². The van der Waals surface area contributed by atoms with Crippen molar-refractivity contribution in [3.05, 3.63) is 29.8 Å². The summed E-state index contributed by atoms with van der Waals surface area (Å²) in [5, 5.41) is 8.61. The first kappa shape index (κ1) is 12.9. The number of ether oxygens (including phenoxy) is 1. The van der Waals surface area contributed by atoms with E-state index in [1.54, 1.807) is 0 Å². The molecular weight excluding hydrogens is 230 g/mol. The van der Waals surface area contributed by atoms with Crippen molar-refractivity contribution in [2.45, 2.75) is 31.7 Å². The van der Waals surface area contributed by atoms with Crippen molar-refractivity contribution in [1.82, 2.24) is 0 Å². The molecule has 0 bridgehead atoms. The normalized spacial score (nSPS) is 16.3. The molecule has 1 aromatic rings. The Bertz CT molecular complexity index is 398. The number of benzene rings is 1. The first-order valence-electron chi connectivity index (χ1n) is 6.35. The highest BCUT2D eigenvalue weighted by atomic mass is 16.5. The van der Waals surface area contributed by atoms with Crippen LogP contribution in [0.25, 0.3) is 0 Å². The SMILES string of the molecule is NC(CCC(=O)O)c1ccc(OCC2CC2)cc1. The molecule has 2 rings (SSSR count). The van der Waals surface area contributed by atoms with Crippen molar-refractivity contribution in [3.63, 3.8) is 0 Å². The number of carboxylic acids is 1. The third kappa shape index (κ3) is 4.04. The minimum Gasteiger partial charge on any atom is -0.493 e. The molecule has 18 heavy (non-hydrogen) atoms. The quantitative estimate of drug-likeness (QED) is 0.778. The van der Waals surface area contributed by atoms with Gasteiger partial charge in [0.05, 0.1) is 6.61 Å². The molecule has 4 nitrogen and oxygen atoms in total. The number of rotatable bonds is 7. The van der Waals surface area contributed by atoms with Crippen LogP contribution in [-0.2, 0) is 4.79 Å². The molecule has 0 aliphatic heterocycles. The molecule has 1 aliphatic rings. The number of nitrogens with two attached hydrogens (primary N) is 1. The summed E-state index contributed by atoms with van der Waals surface area (Å²) < 4.78 is 5.63. The van der Waals surface area contributed by atoms with E-state index in [0.717, 1.165) is 23.8 Å². The van der Waals surface area contributed by atoms with Crippen molar-refractivity contribution in [1.29, 1.82) is 0 Å². The highest BCUT2D eigenvalue weighted by molar-refractivity contribution is 5.66. The number of hydrogen-bond donors (Lipinski definition) is 2. The molecule has 98 valence electrons. The maximum atomic E-state index is 10.5. The number of aliphatic carboxylic acids is 1. The van der Waals surface area contributed by atoms with E-state index < -0.39 is 5.97 Å². The Balaban J connectivity index is 1.83. The summed E-state index contributed by atoms with van der Waals surface area (Å²) in [5.41, 5.74) is 6.88. The first-order chi connectivity index (χ1) is 8.65. The molecule has 0 heterocycles. The van der Waals surface area contributed by atoms with Gasteiger partial charge >= 0.3 is 5.97 Å². The molecule has 0 aromatic heterocycles. The molecule has 1 fully saturated rings. The molecule has 4 heteroatoms. The van der Waals surface area contributed by atoms with E-state index in [0.29, 0.717) is 6.42 Å². The summed E-state index contributed by atoms with van der Waals surface area (Å²) in [7, 11) is 0. The molecule has 0 spiro atoms. The summed E-state index contributed by atoms with van der Waals surface area (Å²) in [6.07, 6.45) is 3.11. The van der Waals surface area contributed by atoms with Crippen molar-refractivity contribution in [2.24, 2.45) is 11.7 Å². The van der Waals surface area contributed by atoms with Gasteiger partial charge in [0.25, 0.3) is 0 Å². The molecule has 0 saturated heterocycles. The van der Waals surface area contributed by atoms with Gasteiger partial charge < -0.3 is 15.6 Å². The van der Waals surface area contributed by atoms with Gasteiger partial charge in [-0.3, -0.25) is 4.79 Å². The van der Waals surface area contributed by atoms with E-state index in [2.05, 4.69) is 0 Å². The van der Waals surface area contributed by atoms with E-state index in [-0.39, 0.29) is 12.5 Å². The molecule has 0 amide bonds. The molecular formula is C14H19NO3. The summed E-state index contributed by atoms with van der Waals surface area (Å²) in [6, 6.07) is 7.40.